The molecule has 0 unspecified atom stereocenters. The summed E-state index contributed by atoms with van der Waals surface area (Å²) in [6.07, 6.45) is 7.16. The predicted octanol–water partition coefficient (Wildman–Crippen LogP) is 3.72. The number of hydrogen-bond donors (Lipinski definition) is 2. The molecular weight excluding hydrogens is 306 g/mol. The summed E-state index contributed by atoms with van der Waals surface area (Å²) < 4.78 is 5.39. The normalized spacial score (nSPS) is 25.5. The summed E-state index contributed by atoms with van der Waals surface area (Å²) in [4.78, 5) is 4.43. The topological polar surface area (TPSA) is 46.2 Å². The molecule has 2 fully saturated rings. The van der Waals surface area contributed by atoms with E-state index in [1.807, 2.05) is 24.3 Å². The largest absolute Gasteiger partial charge is 0.494 e. The molecule has 2 N–H and O–H groups in total. The lowest BCUT2D eigenvalue weighted by Crippen LogP contribution is -2.40. The molecule has 5 heteroatoms. The van der Waals surface area contributed by atoms with E-state index in [-0.39, 0.29) is 0 Å². The Bertz CT molecular complexity index is 748. The van der Waals surface area contributed by atoms with Crippen LogP contribution in [0.3, 0.4) is 0 Å². The number of ether oxygens (including phenoxy) is 1. The molecule has 3 atom stereocenters. The quantitative estimate of drug-likeness (QED) is 0.841. The number of anilines is 1. The summed E-state index contributed by atoms with van der Waals surface area (Å²) in [5.74, 6) is 2.48. The third-order valence-corrected chi connectivity index (χ3v) is 5.48. The first kappa shape index (κ1) is 14.7. The van der Waals surface area contributed by atoms with Crippen LogP contribution >= 0.6 is 12.2 Å². The average molecular weight is 327 g/mol. The van der Waals surface area contributed by atoms with Crippen molar-refractivity contribution in [3.05, 3.63) is 30.5 Å². The molecule has 0 radical (unpaired) electrons. The maximum absolute atomic E-state index is 5.54. The van der Waals surface area contributed by atoms with Crippen molar-refractivity contribution in [2.45, 2.75) is 31.7 Å². The van der Waals surface area contributed by atoms with E-state index >= 15 is 0 Å². The standard InChI is InChI=1S/C18H21N3OS/c1-22-16-7-6-14(13-3-2-8-19-17(13)16)20-18(23)21-15-10-11-4-5-12(15)9-11/h2-3,6-8,11-12,15H,4-5,9-10H2,1H3,(H2,20,21,23)/t11-,12+,15-/m0/s1. The van der Waals surface area contributed by atoms with Gasteiger partial charge in [0.2, 0.25) is 0 Å². The number of rotatable bonds is 3. The van der Waals surface area contributed by atoms with Crippen molar-refractivity contribution in [3.63, 3.8) is 0 Å². The molecular formula is C18H21N3OS. The van der Waals surface area contributed by atoms with Crippen LogP contribution in [0.15, 0.2) is 30.5 Å². The van der Waals surface area contributed by atoms with Crippen molar-refractivity contribution in [2.24, 2.45) is 11.8 Å². The van der Waals surface area contributed by atoms with Crippen LogP contribution in [0, 0.1) is 11.8 Å². The lowest BCUT2D eigenvalue weighted by Gasteiger charge is -2.24. The number of fused-ring (bicyclic) bond motifs is 3. The van der Waals surface area contributed by atoms with Crippen LogP contribution in [0.1, 0.15) is 25.7 Å². The fourth-order valence-electron chi connectivity index (χ4n) is 4.17. The number of thiocarbonyl (C=S) groups is 1. The summed E-state index contributed by atoms with van der Waals surface area (Å²) in [7, 11) is 1.66. The maximum atomic E-state index is 5.54. The minimum absolute atomic E-state index is 0.538. The number of nitrogens with zero attached hydrogens (tertiary/aromatic N) is 1. The number of nitrogens with one attached hydrogen (secondary N) is 2. The molecule has 23 heavy (non-hydrogen) atoms. The van der Waals surface area contributed by atoms with Crippen LogP contribution in [0.4, 0.5) is 5.69 Å². The molecule has 1 aromatic carbocycles. The Morgan fingerprint density at radius 1 is 1.26 bits per heavy atom. The van der Waals surface area contributed by atoms with Crippen LogP contribution in [0.2, 0.25) is 0 Å². The Balaban J connectivity index is 1.52. The molecule has 4 nitrogen and oxygen atoms in total. The number of methoxy groups -OCH3 is 1. The van der Waals surface area contributed by atoms with Gasteiger partial charge in [-0.3, -0.25) is 4.98 Å². The molecule has 120 valence electrons. The third-order valence-electron chi connectivity index (χ3n) is 5.26. The van der Waals surface area contributed by atoms with E-state index in [0.29, 0.717) is 11.2 Å². The first-order valence-corrected chi connectivity index (χ1v) is 8.64. The zero-order chi connectivity index (χ0) is 15.8. The van der Waals surface area contributed by atoms with Crippen molar-refractivity contribution in [3.8, 4) is 5.75 Å². The van der Waals surface area contributed by atoms with Crippen molar-refractivity contribution in [1.29, 1.82) is 0 Å². The second-order valence-corrected chi connectivity index (χ2v) is 7.00. The van der Waals surface area contributed by atoms with E-state index in [1.165, 1.54) is 25.7 Å². The lowest BCUT2D eigenvalue weighted by atomic mass is 9.95. The zero-order valence-corrected chi connectivity index (χ0v) is 14.0. The molecule has 0 aliphatic heterocycles. The lowest BCUT2D eigenvalue weighted by molar-refractivity contribution is 0.392. The molecule has 2 saturated carbocycles. The summed E-state index contributed by atoms with van der Waals surface area (Å²) in [6.45, 7) is 0. The summed E-state index contributed by atoms with van der Waals surface area (Å²) in [6, 6.07) is 8.43. The van der Waals surface area contributed by atoms with Gasteiger partial charge in [0, 0.05) is 23.3 Å². The van der Waals surface area contributed by atoms with E-state index in [0.717, 1.165) is 34.2 Å². The molecule has 1 heterocycles. The van der Waals surface area contributed by atoms with Gasteiger partial charge < -0.3 is 15.4 Å². The van der Waals surface area contributed by atoms with Gasteiger partial charge in [-0.2, -0.15) is 0 Å². The van der Waals surface area contributed by atoms with Gasteiger partial charge in [-0.25, -0.2) is 0 Å². The van der Waals surface area contributed by atoms with Gasteiger partial charge in [-0.15, -0.1) is 0 Å². The minimum Gasteiger partial charge on any atom is -0.494 e. The maximum Gasteiger partial charge on any atom is 0.171 e. The molecule has 0 saturated heterocycles. The van der Waals surface area contributed by atoms with Crippen LogP contribution < -0.4 is 15.4 Å². The fraction of sp³-hybridized carbons (Fsp3) is 0.444. The van der Waals surface area contributed by atoms with Crippen molar-refractivity contribution >= 4 is 33.9 Å². The fourth-order valence-corrected chi connectivity index (χ4v) is 4.43. The smallest absolute Gasteiger partial charge is 0.171 e. The number of aromatic nitrogens is 1. The van der Waals surface area contributed by atoms with Crippen molar-refractivity contribution in [1.82, 2.24) is 10.3 Å². The van der Waals surface area contributed by atoms with Crippen LogP contribution in [-0.2, 0) is 0 Å². The highest BCUT2D eigenvalue weighted by Gasteiger charge is 2.39. The monoisotopic (exact) mass is 327 g/mol. The highest BCUT2D eigenvalue weighted by atomic mass is 32.1. The minimum atomic E-state index is 0.538. The summed E-state index contributed by atoms with van der Waals surface area (Å²) >= 11 is 5.54. The highest BCUT2D eigenvalue weighted by Crippen LogP contribution is 2.44. The third kappa shape index (κ3) is 2.74. The molecule has 0 spiro atoms. The number of pyridine rings is 1. The van der Waals surface area contributed by atoms with Gasteiger partial charge in [0.1, 0.15) is 11.3 Å². The van der Waals surface area contributed by atoms with Gasteiger partial charge in [0.05, 0.1) is 7.11 Å². The van der Waals surface area contributed by atoms with Gasteiger partial charge in [0.25, 0.3) is 0 Å². The highest BCUT2D eigenvalue weighted by molar-refractivity contribution is 7.80. The molecule has 0 amide bonds. The van der Waals surface area contributed by atoms with E-state index in [9.17, 15) is 0 Å². The Morgan fingerprint density at radius 2 is 2.17 bits per heavy atom. The molecule has 1 aromatic heterocycles. The van der Waals surface area contributed by atoms with E-state index in [2.05, 4.69) is 15.6 Å². The molecule has 2 aliphatic carbocycles. The first-order valence-electron chi connectivity index (χ1n) is 8.24. The van der Waals surface area contributed by atoms with E-state index < -0.39 is 0 Å². The van der Waals surface area contributed by atoms with Gasteiger partial charge in [-0.1, -0.05) is 6.42 Å². The second-order valence-electron chi connectivity index (χ2n) is 6.59. The average Bonchev–Trinajstić information content (AvgIpc) is 3.18. The predicted molar refractivity (Wildman–Crippen MR) is 96.9 cm³/mol. The molecule has 2 aliphatic rings. The van der Waals surface area contributed by atoms with Crippen molar-refractivity contribution in [2.75, 3.05) is 12.4 Å². The first-order chi connectivity index (χ1) is 11.2. The van der Waals surface area contributed by atoms with Crippen molar-refractivity contribution < 1.29 is 4.74 Å². The molecule has 4 rings (SSSR count). The van der Waals surface area contributed by atoms with Gasteiger partial charge >= 0.3 is 0 Å². The Morgan fingerprint density at radius 3 is 2.91 bits per heavy atom. The summed E-state index contributed by atoms with van der Waals surface area (Å²) in [5.41, 5.74) is 1.82. The Kier molecular flexibility index (Phi) is 3.81. The van der Waals surface area contributed by atoms with E-state index in [4.69, 9.17) is 17.0 Å². The Labute approximate surface area is 141 Å². The van der Waals surface area contributed by atoms with Gasteiger partial charge in [0.15, 0.2) is 5.11 Å². The van der Waals surface area contributed by atoms with Crippen LogP contribution in [0.5, 0.6) is 5.75 Å². The van der Waals surface area contributed by atoms with Crippen LogP contribution in [-0.4, -0.2) is 23.2 Å². The Hall–Kier alpha value is -1.88. The van der Waals surface area contributed by atoms with E-state index in [1.54, 1.807) is 13.3 Å². The van der Waals surface area contributed by atoms with Crippen LogP contribution in [0.25, 0.3) is 10.9 Å². The van der Waals surface area contributed by atoms with Gasteiger partial charge in [-0.05, 0) is 67.6 Å². The SMILES string of the molecule is COc1ccc(NC(=S)N[C@H]2C[C@H]3CC[C@@H]2C3)c2cccnc12. The zero-order valence-electron chi connectivity index (χ0n) is 13.2. The number of hydrogen-bond acceptors (Lipinski definition) is 3. The molecule has 2 aromatic rings. The summed E-state index contributed by atoms with van der Waals surface area (Å²) in [5, 5.41) is 8.59. The number of benzene rings is 1. The molecule has 2 bridgehead atoms. The second kappa shape index (κ2) is 5.96.